The van der Waals surface area contributed by atoms with Crippen molar-refractivity contribution >= 4 is 16.7 Å². The first-order valence-corrected chi connectivity index (χ1v) is 6.78. The van der Waals surface area contributed by atoms with E-state index in [1.54, 1.807) is 6.20 Å². The fourth-order valence-corrected chi connectivity index (χ4v) is 2.35. The number of para-hydroxylation sites is 2. The third-order valence-electron chi connectivity index (χ3n) is 3.53. The van der Waals surface area contributed by atoms with E-state index >= 15 is 0 Å². The van der Waals surface area contributed by atoms with Crippen LogP contribution in [0.1, 0.15) is 12.6 Å². The molecule has 0 saturated carbocycles. The monoisotopic (exact) mass is 279 g/mol. The maximum Gasteiger partial charge on any atom is 0.230 e. The van der Waals surface area contributed by atoms with Gasteiger partial charge in [-0.3, -0.25) is 4.98 Å². The summed E-state index contributed by atoms with van der Waals surface area (Å²) in [5.74, 6) is 0. The average molecular weight is 279 g/mol. The first-order chi connectivity index (χ1) is 10.2. The second-order valence-electron chi connectivity index (χ2n) is 4.91. The molecule has 0 fully saturated rings. The molecule has 0 radical (unpaired) electrons. The molecule has 0 saturated heterocycles. The minimum absolute atomic E-state index is 0.792. The molecule has 0 N–H and O–H groups in total. The number of imidazole rings is 1. The zero-order chi connectivity index (χ0) is 14.8. The molecule has 106 valence electrons. The summed E-state index contributed by atoms with van der Waals surface area (Å²) in [5.41, 5.74) is 4.68. The molecule has 21 heavy (non-hydrogen) atoms. The largest absolute Gasteiger partial charge is 0.312 e. The molecule has 0 bridgehead atoms. The van der Waals surface area contributed by atoms with Gasteiger partial charge in [-0.05, 0) is 31.2 Å². The SMILES string of the molecule is C/C(=N\N=c1n(C)c2ccccc2n1C)c1ccccn1. The van der Waals surface area contributed by atoms with Crippen molar-refractivity contribution in [2.24, 2.45) is 24.3 Å². The van der Waals surface area contributed by atoms with E-state index in [0.717, 1.165) is 28.1 Å². The second kappa shape index (κ2) is 5.36. The molecule has 0 amide bonds. The summed E-state index contributed by atoms with van der Waals surface area (Å²) in [6.45, 7) is 1.91. The third kappa shape index (κ3) is 2.38. The quantitative estimate of drug-likeness (QED) is 0.524. The number of fused-ring (bicyclic) bond motifs is 1. The zero-order valence-corrected chi connectivity index (χ0v) is 12.4. The Hall–Kier alpha value is -2.69. The fraction of sp³-hybridized carbons (Fsp3) is 0.188. The van der Waals surface area contributed by atoms with Crippen molar-refractivity contribution in [1.29, 1.82) is 0 Å². The van der Waals surface area contributed by atoms with Gasteiger partial charge < -0.3 is 9.13 Å². The Bertz CT molecular complexity index is 827. The van der Waals surface area contributed by atoms with Crippen LogP contribution in [0.3, 0.4) is 0 Å². The van der Waals surface area contributed by atoms with Crippen LogP contribution < -0.4 is 5.62 Å². The highest BCUT2D eigenvalue weighted by Gasteiger charge is 2.04. The standard InChI is InChI=1S/C16H17N5/c1-12(13-8-6-7-11-17-13)18-19-16-20(2)14-9-4-5-10-15(14)21(16)3/h4-11H,1-3H3/b18-12+. The van der Waals surface area contributed by atoms with Crippen molar-refractivity contribution in [3.05, 3.63) is 60.0 Å². The molecular formula is C16H17N5. The van der Waals surface area contributed by atoms with Crippen LogP contribution in [0.15, 0.2) is 58.9 Å². The summed E-state index contributed by atoms with van der Waals surface area (Å²) in [6, 6.07) is 13.9. The molecule has 0 aliphatic heterocycles. The van der Waals surface area contributed by atoms with Crippen LogP contribution >= 0.6 is 0 Å². The zero-order valence-electron chi connectivity index (χ0n) is 12.4. The van der Waals surface area contributed by atoms with Gasteiger partial charge in [-0.2, -0.15) is 0 Å². The van der Waals surface area contributed by atoms with E-state index in [-0.39, 0.29) is 0 Å². The van der Waals surface area contributed by atoms with Gasteiger partial charge in [0, 0.05) is 20.3 Å². The van der Waals surface area contributed by atoms with Crippen LogP contribution in [0.25, 0.3) is 11.0 Å². The highest BCUT2D eigenvalue weighted by Crippen LogP contribution is 2.09. The Morgan fingerprint density at radius 1 is 0.952 bits per heavy atom. The molecule has 5 heteroatoms. The summed E-state index contributed by atoms with van der Waals surface area (Å²) >= 11 is 0. The van der Waals surface area contributed by atoms with Crippen LogP contribution in [0.2, 0.25) is 0 Å². The molecule has 2 heterocycles. The van der Waals surface area contributed by atoms with Crippen LogP contribution in [-0.4, -0.2) is 19.8 Å². The van der Waals surface area contributed by atoms with Crippen LogP contribution in [0.5, 0.6) is 0 Å². The van der Waals surface area contributed by atoms with E-state index in [0.29, 0.717) is 0 Å². The average Bonchev–Trinajstić information content (AvgIpc) is 2.78. The highest BCUT2D eigenvalue weighted by atomic mass is 15.3. The summed E-state index contributed by atoms with van der Waals surface area (Å²) < 4.78 is 4.06. The summed E-state index contributed by atoms with van der Waals surface area (Å²) in [4.78, 5) is 4.27. The minimum Gasteiger partial charge on any atom is -0.312 e. The van der Waals surface area contributed by atoms with Crippen molar-refractivity contribution in [1.82, 2.24) is 14.1 Å². The maximum absolute atomic E-state index is 4.39. The van der Waals surface area contributed by atoms with E-state index in [2.05, 4.69) is 27.3 Å². The highest BCUT2D eigenvalue weighted by molar-refractivity contribution is 5.96. The number of aromatic nitrogens is 3. The molecule has 0 unspecified atom stereocenters. The fourth-order valence-electron chi connectivity index (χ4n) is 2.35. The van der Waals surface area contributed by atoms with Gasteiger partial charge in [-0.1, -0.05) is 18.2 Å². The number of aryl methyl sites for hydroxylation is 2. The Labute approximate surface area is 122 Å². The Balaban J connectivity index is 2.13. The predicted molar refractivity (Wildman–Crippen MR) is 83.9 cm³/mol. The van der Waals surface area contributed by atoms with Crippen molar-refractivity contribution in [3.63, 3.8) is 0 Å². The summed E-state index contributed by atoms with van der Waals surface area (Å²) in [7, 11) is 3.99. The smallest absolute Gasteiger partial charge is 0.230 e. The first-order valence-electron chi connectivity index (χ1n) is 6.78. The molecular weight excluding hydrogens is 262 g/mol. The van der Waals surface area contributed by atoms with E-state index in [1.807, 2.05) is 60.5 Å². The van der Waals surface area contributed by atoms with Gasteiger partial charge in [0.2, 0.25) is 5.62 Å². The van der Waals surface area contributed by atoms with E-state index < -0.39 is 0 Å². The molecule has 3 aromatic rings. The van der Waals surface area contributed by atoms with Gasteiger partial charge in [-0.25, -0.2) is 0 Å². The Morgan fingerprint density at radius 2 is 1.57 bits per heavy atom. The summed E-state index contributed by atoms with van der Waals surface area (Å²) in [5, 5.41) is 8.71. The number of nitrogens with zero attached hydrogens (tertiary/aromatic N) is 5. The predicted octanol–water partition coefficient (Wildman–Crippen LogP) is 2.24. The van der Waals surface area contributed by atoms with E-state index in [1.165, 1.54) is 0 Å². The number of hydrogen-bond donors (Lipinski definition) is 0. The van der Waals surface area contributed by atoms with E-state index in [4.69, 9.17) is 0 Å². The molecule has 3 rings (SSSR count). The normalized spacial score (nSPS) is 11.9. The molecule has 0 atom stereocenters. The lowest BCUT2D eigenvalue weighted by molar-refractivity contribution is 0.744. The molecule has 5 nitrogen and oxygen atoms in total. The van der Waals surface area contributed by atoms with Gasteiger partial charge in [0.25, 0.3) is 0 Å². The van der Waals surface area contributed by atoms with Gasteiger partial charge in [0.05, 0.1) is 22.4 Å². The van der Waals surface area contributed by atoms with E-state index in [9.17, 15) is 0 Å². The number of hydrogen-bond acceptors (Lipinski definition) is 3. The lowest BCUT2D eigenvalue weighted by Crippen LogP contribution is -2.21. The third-order valence-corrected chi connectivity index (χ3v) is 3.53. The van der Waals surface area contributed by atoms with Crippen LogP contribution in [0.4, 0.5) is 0 Å². The van der Waals surface area contributed by atoms with Crippen molar-refractivity contribution in [3.8, 4) is 0 Å². The second-order valence-corrected chi connectivity index (χ2v) is 4.91. The summed E-state index contributed by atoms with van der Waals surface area (Å²) in [6.07, 6.45) is 1.76. The van der Waals surface area contributed by atoms with Gasteiger partial charge in [-0.15, -0.1) is 10.2 Å². The van der Waals surface area contributed by atoms with Crippen molar-refractivity contribution < 1.29 is 0 Å². The lowest BCUT2D eigenvalue weighted by atomic mass is 10.3. The van der Waals surface area contributed by atoms with Gasteiger partial charge >= 0.3 is 0 Å². The molecule has 2 aromatic heterocycles. The Kier molecular flexibility index (Phi) is 3.39. The van der Waals surface area contributed by atoms with Crippen molar-refractivity contribution in [2.75, 3.05) is 0 Å². The topological polar surface area (TPSA) is 47.5 Å². The minimum atomic E-state index is 0.792. The number of benzene rings is 1. The van der Waals surface area contributed by atoms with Crippen molar-refractivity contribution in [2.45, 2.75) is 6.92 Å². The maximum atomic E-state index is 4.39. The van der Waals surface area contributed by atoms with Crippen LogP contribution in [0, 0.1) is 0 Å². The molecule has 0 spiro atoms. The lowest BCUT2D eigenvalue weighted by Gasteiger charge is -1.96. The molecule has 0 aliphatic carbocycles. The van der Waals surface area contributed by atoms with Gasteiger partial charge in [0.15, 0.2) is 0 Å². The first kappa shape index (κ1) is 13.3. The number of pyridine rings is 1. The molecule has 0 aliphatic rings. The number of rotatable bonds is 2. The van der Waals surface area contributed by atoms with Crippen LogP contribution in [-0.2, 0) is 14.1 Å². The molecule has 1 aromatic carbocycles. The van der Waals surface area contributed by atoms with Gasteiger partial charge in [0.1, 0.15) is 0 Å². The Morgan fingerprint density at radius 3 is 2.14 bits per heavy atom.